The Hall–Kier alpha value is -1.59. The van der Waals surface area contributed by atoms with Crippen molar-refractivity contribution in [1.82, 2.24) is 4.90 Å². The van der Waals surface area contributed by atoms with Gasteiger partial charge < -0.3 is 15.8 Å². The maximum absolute atomic E-state index is 12.0. The Balaban J connectivity index is 2.57. The first-order chi connectivity index (χ1) is 9.34. The third-order valence-electron chi connectivity index (χ3n) is 2.80. The highest BCUT2D eigenvalue weighted by Crippen LogP contribution is 2.16. The Bertz CT molecular complexity index is 441. The van der Waals surface area contributed by atoms with Crippen LogP contribution in [0.3, 0.4) is 0 Å². The van der Waals surface area contributed by atoms with Crippen LogP contribution < -0.4 is 15.8 Å². The van der Waals surface area contributed by atoms with Gasteiger partial charge in [-0.05, 0) is 32.5 Å². The summed E-state index contributed by atoms with van der Waals surface area (Å²) in [6.45, 7) is 7.71. The average molecular weight is 279 g/mol. The third-order valence-corrected chi connectivity index (χ3v) is 2.80. The summed E-state index contributed by atoms with van der Waals surface area (Å²) in [6, 6.07) is 7.31. The number of carbonyl (C=O) groups is 1. The van der Waals surface area contributed by atoms with Crippen LogP contribution in [0.2, 0.25) is 0 Å². The van der Waals surface area contributed by atoms with Gasteiger partial charge in [-0.25, -0.2) is 0 Å². The first-order valence-corrected chi connectivity index (χ1v) is 6.79. The van der Waals surface area contributed by atoms with Gasteiger partial charge in [-0.3, -0.25) is 9.69 Å². The fourth-order valence-corrected chi connectivity index (χ4v) is 1.96. The van der Waals surface area contributed by atoms with E-state index in [1.54, 1.807) is 13.2 Å². The Morgan fingerprint density at radius 2 is 2.15 bits per heavy atom. The van der Waals surface area contributed by atoms with E-state index < -0.39 is 0 Å². The number of amides is 1. The summed E-state index contributed by atoms with van der Waals surface area (Å²) in [5, 5.41) is 2.87. The van der Waals surface area contributed by atoms with Gasteiger partial charge in [0.2, 0.25) is 5.91 Å². The van der Waals surface area contributed by atoms with Crippen LogP contribution in [-0.4, -0.2) is 43.1 Å². The number of likely N-dealkylation sites (N-methyl/N-ethyl adjacent to an activating group) is 1. The maximum Gasteiger partial charge on any atom is 0.238 e. The third kappa shape index (κ3) is 6.04. The number of nitrogens with two attached hydrogens (primary N) is 1. The molecule has 0 saturated carbocycles. The van der Waals surface area contributed by atoms with Crippen LogP contribution in [0.5, 0.6) is 5.75 Å². The summed E-state index contributed by atoms with van der Waals surface area (Å²) in [6.07, 6.45) is 0. The van der Waals surface area contributed by atoms with E-state index in [-0.39, 0.29) is 11.4 Å². The van der Waals surface area contributed by atoms with Crippen molar-refractivity contribution in [3.05, 3.63) is 24.3 Å². The number of nitrogens with zero attached hydrogens (tertiary/aromatic N) is 1. The van der Waals surface area contributed by atoms with E-state index in [9.17, 15) is 4.79 Å². The van der Waals surface area contributed by atoms with Crippen LogP contribution in [0.1, 0.15) is 20.8 Å². The lowest BCUT2D eigenvalue weighted by molar-refractivity contribution is -0.117. The van der Waals surface area contributed by atoms with Gasteiger partial charge in [0.1, 0.15) is 5.75 Å². The lowest BCUT2D eigenvalue weighted by atomic mass is 10.1. The van der Waals surface area contributed by atoms with E-state index in [4.69, 9.17) is 10.5 Å². The molecule has 20 heavy (non-hydrogen) atoms. The summed E-state index contributed by atoms with van der Waals surface area (Å²) in [5.41, 5.74) is 6.41. The standard InChI is InChI=1S/C15H25N3O2/c1-5-18(11-15(2,3)16)10-14(19)17-12-7-6-8-13(9-12)20-4/h6-9H,5,10-11,16H2,1-4H3,(H,17,19). The number of hydrogen-bond acceptors (Lipinski definition) is 4. The zero-order chi connectivity index (χ0) is 15.2. The Kier molecular flexibility index (Phi) is 5.98. The first kappa shape index (κ1) is 16.5. The fraction of sp³-hybridized carbons (Fsp3) is 0.533. The molecule has 3 N–H and O–H groups in total. The van der Waals surface area contributed by atoms with Crippen molar-refractivity contribution in [2.45, 2.75) is 26.3 Å². The molecule has 0 unspecified atom stereocenters. The quantitative estimate of drug-likeness (QED) is 0.797. The molecular weight excluding hydrogens is 254 g/mol. The molecule has 0 spiro atoms. The van der Waals surface area contributed by atoms with Crippen LogP contribution >= 0.6 is 0 Å². The van der Waals surface area contributed by atoms with E-state index >= 15 is 0 Å². The normalized spacial score (nSPS) is 11.5. The number of rotatable bonds is 7. The van der Waals surface area contributed by atoms with Crippen molar-refractivity contribution in [1.29, 1.82) is 0 Å². The topological polar surface area (TPSA) is 67.6 Å². The highest BCUT2D eigenvalue weighted by molar-refractivity contribution is 5.92. The molecule has 0 heterocycles. The van der Waals surface area contributed by atoms with Crippen molar-refractivity contribution >= 4 is 11.6 Å². The minimum Gasteiger partial charge on any atom is -0.497 e. The van der Waals surface area contributed by atoms with Crippen molar-refractivity contribution in [2.75, 3.05) is 32.1 Å². The number of benzene rings is 1. The van der Waals surface area contributed by atoms with E-state index in [0.29, 0.717) is 13.1 Å². The molecule has 5 nitrogen and oxygen atoms in total. The van der Waals surface area contributed by atoms with Gasteiger partial charge in [0.25, 0.3) is 0 Å². The molecule has 112 valence electrons. The lowest BCUT2D eigenvalue weighted by Gasteiger charge is -2.28. The molecule has 1 aromatic carbocycles. The number of anilines is 1. The maximum atomic E-state index is 12.0. The van der Waals surface area contributed by atoms with Crippen LogP contribution in [0.15, 0.2) is 24.3 Å². The monoisotopic (exact) mass is 279 g/mol. The van der Waals surface area contributed by atoms with E-state index in [1.807, 2.05) is 43.9 Å². The highest BCUT2D eigenvalue weighted by atomic mass is 16.5. The predicted molar refractivity (Wildman–Crippen MR) is 82.0 cm³/mol. The van der Waals surface area contributed by atoms with Crippen LogP contribution in [-0.2, 0) is 4.79 Å². The summed E-state index contributed by atoms with van der Waals surface area (Å²) in [7, 11) is 1.60. The van der Waals surface area contributed by atoms with Gasteiger partial charge in [0.15, 0.2) is 0 Å². The van der Waals surface area contributed by atoms with Crippen molar-refractivity contribution in [3.8, 4) is 5.75 Å². The predicted octanol–water partition coefficient (Wildman–Crippen LogP) is 1.69. The molecule has 5 heteroatoms. The van der Waals surface area contributed by atoms with Crippen LogP contribution in [0, 0.1) is 0 Å². The van der Waals surface area contributed by atoms with E-state index in [0.717, 1.165) is 18.0 Å². The molecule has 0 atom stereocenters. The zero-order valence-corrected chi connectivity index (χ0v) is 12.8. The second-order valence-electron chi connectivity index (χ2n) is 5.57. The minimum absolute atomic E-state index is 0.0515. The summed E-state index contributed by atoms with van der Waals surface area (Å²) in [4.78, 5) is 14.1. The Morgan fingerprint density at radius 1 is 1.45 bits per heavy atom. The molecular formula is C15H25N3O2. The number of methoxy groups -OCH3 is 1. The van der Waals surface area contributed by atoms with Crippen molar-refractivity contribution in [2.24, 2.45) is 5.73 Å². The van der Waals surface area contributed by atoms with Crippen LogP contribution in [0.25, 0.3) is 0 Å². The molecule has 0 aliphatic rings. The molecule has 1 aromatic rings. The molecule has 0 aromatic heterocycles. The number of hydrogen-bond donors (Lipinski definition) is 2. The molecule has 1 rings (SSSR count). The number of carbonyl (C=O) groups excluding carboxylic acids is 1. The van der Waals surface area contributed by atoms with Gasteiger partial charge in [0.05, 0.1) is 13.7 Å². The molecule has 0 saturated heterocycles. The smallest absolute Gasteiger partial charge is 0.238 e. The summed E-state index contributed by atoms with van der Waals surface area (Å²) < 4.78 is 5.13. The molecule has 0 bridgehead atoms. The second-order valence-corrected chi connectivity index (χ2v) is 5.57. The van der Waals surface area contributed by atoms with E-state index in [1.165, 1.54) is 0 Å². The molecule has 0 radical (unpaired) electrons. The summed E-state index contributed by atoms with van der Waals surface area (Å²) >= 11 is 0. The first-order valence-electron chi connectivity index (χ1n) is 6.79. The largest absolute Gasteiger partial charge is 0.497 e. The molecule has 0 fully saturated rings. The van der Waals surface area contributed by atoms with Gasteiger partial charge in [0, 0.05) is 23.8 Å². The van der Waals surface area contributed by atoms with Gasteiger partial charge >= 0.3 is 0 Å². The SMILES string of the molecule is CCN(CC(=O)Nc1cccc(OC)c1)CC(C)(C)N. The second kappa shape index (κ2) is 7.26. The molecule has 0 aliphatic carbocycles. The Labute approximate surface area is 121 Å². The van der Waals surface area contributed by atoms with Gasteiger partial charge in [-0.15, -0.1) is 0 Å². The summed E-state index contributed by atoms with van der Waals surface area (Å²) in [5.74, 6) is 0.669. The lowest BCUT2D eigenvalue weighted by Crippen LogP contribution is -2.47. The molecule has 1 amide bonds. The average Bonchev–Trinajstić information content (AvgIpc) is 2.36. The van der Waals surface area contributed by atoms with E-state index in [2.05, 4.69) is 5.32 Å². The van der Waals surface area contributed by atoms with Crippen LogP contribution in [0.4, 0.5) is 5.69 Å². The Morgan fingerprint density at radius 3 is 2.70 bits per heavy atom. The van der Waals surface area contributed by atoms with Crippen molar-refractivity contribution in [3.63, 3.8) is 0 Å². The van der Waals surface area contributed by atoms with Gasteiger partial charge in [-0.1, -0.05) is 13.0 Å². The zero-order valence-electron chi connectivity index (χ0n) is 12.8. The number of ether oxygens (including phenoxy) is 1. The highest BCUT2D eigenvalue weighted by Gasteiger charge is 2.17. The fourth-order valence-electron chi connectivity index (χ4n) is 1.96. The number of nitrogens with one attached hydrogen (secondary N) is 1. The molecule has 0 aliphatic heterocycles. The minimum atomic E-state index is -0.313. The van der Waals surface area contributed by atoms with Crippen molar-refractivity contribution < 1.29 is 9.53 Å². The van der Waals surface area contributed by atoms with Gasteiger partial charge in [-0.2, -0.15) is 0 Å².